The number of rotatable bonds is 6. The van der Waals surface area contributed by atoms with Gasteiger partial charge in [-0.15, -0.1) is 0 Å². The van der Waals surface area contributed by atoms with Crippen LogP contribution in [-0.4, -0.2) is 13.9 Å². The van der Waals surface area contributed by atoms with Gasteiger partial charge in [0.05, 0.1) is 0 Å². The van der Waals surface area contributed by atoms with Crippen LogP contribution in [0.15, 0.2) is 57.7 Å². The topological polar surface area (TPSA) is 57.9 Å². The zero-order chi connectivity index (χ0) is 16.9. The third-order valence-electron chi connectivity index (χ3n) is 3.60. The molecule has 0 saturated heterocycles. The lowest BCUT2D eigenvalue weighted by Crippen LogP contribution is -2.05. The molecule has 0 aliphatic heterocycles. The summed E-state index contributed by atoms with van der Waals surface area (Å²) < 4.78 is 21.8. The van der Waals surface area contributed by atoms with Crippen LogP contribution in [0.4, 0.5) is 0 Å². The first-order valence-electron chi connectivity index (χ1n) is 7.55. The van der Waals surface area contributed by atoms with Gasteiger partial charge in [-0.2, -0.15) is 0 Å². The van der Waals surface area contributed by atoms with E-state index in [1.165, 1.54) is 13.2 Å². The Bertz CT molecular complexity index is 883. The van der Waals surface area contributed by atoms with Gasteiger partial charge in [0, 0.05) is 18.6 Å². The third-order valence-corrected chi connectivity index (χ3v) is 3.60. The van der Waals surface area contributed by atoms with Gasteiger partial charge in [-0.25, -0.2) is 4.79 Å². The molecule has 0 radical (unpaired) electrons. The summed E-state index contributed by atoms with van der Waals surface area (Å²) in [6.07, 6.45) is 0. The molecule has 0 aliphatic carbocycles. The van der Waals surface area contributed by atoms with E-state index >= 15 is 0 Å². The van der Waals surface area contributed by atoms with Crippen LogP contribution in [0.3, 0.4) is 0 Å². The van der Waals surface area contributed by atoms with Gasteiger partial charge in [-0.3, -0.25) is 0 Å². The normalized spacial score (nSPS) is 10.8. The molecule has 5 nitrogen and oxygen atoms in total. The van der Waals surface area contributed by atoms with Crippen molar-refractivity contribution in [1.29, 1.82) is 0 Å². The first-order chi connectivity index (χ1) is 11.7. The smallest absolute Gasteiger partial charge is 0.336 e. The van der Waals surface area contributed by atoms with Crippen molar-refractivity contribution in [1.82, 2.24) is 0 Å². The summed E-state index contributed by atoms with van der Waals surface area (Å²) >= 11 is 0. The average Bonchev–Trinajstić information content (AvgIpc) is 2.59. The lowest BCUT2D eigenvalue weighted by molar-refractivity contribution is 0.0485. The molecule has 5 heteroatoms. The van der Waals surface area contributed by atoms with Crippen LogP contribution in [-0.2, 0) is 11.3 Å². The van der Waals surface area contributed by atoms with Crippen LogP contribution in [0.1, 0.15) is 11.1 Å². The fourth-order valence-corrected chi connectivity index (χ4v) is 2.44. The number of benzene rings is 2. The maximum absolute atomic E-state index is 11.8. The lowest BCUT2D eigenvalue weighted by Gasteiger charge is -2.14. The molecule has 3 rings (SSSR count). The number of aryl methyl sites for hydroxylation is 1. The Morgan fingerprint density at radius 3 is 2.58 bits per heavy atom. The molecule has 2 aromatic carbocycles. The van der Waals surface area contributed by atoms with E-state index in [2.05, 4.69) is 0 Å². The van der Waals surface area contributed by atoms with E-state index in [9.17, 15) is 4.79 Å². The number of hydrogen-bond donors (Lipinski definition) is 0. The minimum absolute atomic E-state index is 0.0727. The summed E-state index contributed by atoms with van der Waals surface area (Å²) in [4.78, 5) is 11.8. The van der Waals surface area contributed by atoms with Crippen LogP contribution >= 0.6 is 0 Å². The molecule has 0 unspecified atom stereocenters. The van der Waals surface area contributed by atoms with Gasteiger partial charge < -0.3 is 18.6 Å². The Hall–Kier alpha value is -2.79. The van der Waals surface area contributed by atoms with Crippen molar-refractivity contribution in [2.24, 2.45) is 0 Å². The second-order valence-corrected chi connectivity index (χ2v) is 5.34. The molecule has 1 aromatic heterocycles. The van der Waals surface area contributed by atoms with Gasteiger partial charge in [0.15, 0.2) is 18.1 Å². The zero-order valence-corrected chi connectivity index (χ0v) is 13.6. The average molecular weight is 326 g/mol. The van der Waals surface area contributed by atoms with Crippen LogP contribution in [0.25, 0.3) is 11.0 Å². The van der Waals surface area contributed by atoms with Gasteiger partial charge in [0.1, 0.15) is 6.61 Å². The standard InChI is InChI=1S/C19H18O5/c1-13-10-17(20)24-18-15(13)8-9-16(23-12-21-2)19(18)22-11-14-6-4-3-5-7-14/h3-10H,11-12H2,1-2H3. The van der Waals surface area contributed by atoms with Gasteiger partial charge in [0.25, 0.3) is 0 Å². The molecule has 1 heterocycles. The Kier molecular flexibility index (Phi) is 4.82. The van der Waals surface area contributed by atoms with Crippen molar-refractivity contribution in [3.8, 4) is 11.5 Å². The summed E-state index contributed by atoms with van der Waals surface area (Å²) in [7, 11) is 1.54. The Morgan fingerprint density at radius 1 is 1.04 bits per heavy atom. The molecule has 0 aliphatic rings. The van der Waals surface area contributed by atoms with Crippen molar-refractivity contribution < 1.29 is 18.6 Å². The summed E-state index contributed by atoms with van der Waals surface area (Å²) in [5, 5.41) is 0.808. The highest BCUT2D eigenvalue weighted by Crippen LogP contribution is 2.36. The summed E-state index contributed by atoms with van der Waals surface area (Å²) in [6.45, 7) is 2.26. The largest absolute Gasteiger partial charge is 0.482 e. The number of fused-ring (bicyclic) bond motifs is 1. The first kappa shape index (κ1) is 16.1. The number of hydrogen-bond acceptors (Lipinski definition) is 5. The maximum Gasteiger partial charge on any atom is 0.336 e. The Morgan fingerprint density at radius 2 is 1.83 bits per heavy atom. The predicted molar refractivity (Wildman–Crippen MR) is 90.5 cm³/mol. The molecule has 0 spiro atoms. The van der Waals surface area contributed by atoms with E-state index in [4.69, 9.17) is 18.6 Å². The van der Waals surface area contributed by atoms with Gasteiger partial charge in [-0.05, 0) is 30.2 Å². The van der Waals surface area contributed by atoms with E-state index in [1.54, 1.807) is 6.07 Å². The monoisotopic (exact) mass is 326 g/mol. The fourth-order valence-electron chi connectivity index (χ4n) is 2.44. The van der Waals surface area contributed by atoms with E-state index in [0.717, 1.165) is 16.5 Å². The van der Waals surface area contributed by atoms with Crippen molar-refractivity contribution in [3.05, 3.63) is 70.1 Å². The van der Waals surface area contributed by atoms with E-state index in [1.807, 2.05) is 43.3 Å². The van der Waals surface area contributed by atoms with Gasteiger partial charge in [0.2, 0.25) is 5.75 Å². The van der Waals surface area contributed by atoms with Gasteiger partial charge >= 0.3 is 5.63 Å². The summed E-state index contributed by atoms with van der Waals surface area (Å²) in [5.74, 6) is 0.864. The summed E-state index contributed by atoms with van der Waals surface area (Å²) in [6, 6.07) is 14.8. The zero-order valence-electron chi connectivity index (χ0n) is 13.6. The molecule has 0 saturated carbocycles. The molecule has 3 aromatic rings. The molecular formula is C19H18O5. The van der Waals surface area contributed by atoms with Crippen LogP contribution in [0, 0.1) is 6.92 Å². The maximum atomic E-state index is 11.8. The van der Waals surface area contributed by atoms with E-state index in [0.29, 0.717) is 23.7 Å². The molecule has 124 valence electrons. The van der Waals surface area contributed by atoms with Crippen LogP contribution in [0.5, 0.6) is 11.5 Å². The van der Waals surface area contributed by atoms with Crippen molar-refractivity contribution in [2.45, 2.75) is 13.5 Å². The first-order valence-corrected chi connectivity index (χ1v) is 7.55. The van der Waals surface area contributed by atoms with Gasteiger partial charge in [-0.1, -0.05) is 30.3 Å². The highest BCUT2D eigenvalue weighted by molar-refractivity contribution is 5.87. The molecule has 0 atom stereocenters. The second kappa shape index (κ2) is 7.19. The highest BCUT2D eigenvalue weighted by Gasteiger charge is 2.15. The van der Waals surface area contributed by atoms with Crippen molar-refractivity contribution in [3.63, 3.8) is 0 Å². The molecular weight excluding hydrogens is 308 g/mol. The molecule has 0 amide bonds. The quantitative estimate of drug-likeness (QED) is 0.511. The van der Waals surface area contributed by atoms with Crippen LogP contribution < -0.4 is 15.1 Å². The Balaban J connectivity index is 2.04. The van der Waals surface area contributed by atoms with Crippen molar-refractivity contribution >= 4 is 11.0 Å². The Labute approximate surface area is 139 Å². The van der Waals surface area contributed by atoms with Crippen LogP contribution in [0.2, 0.25) is 0 Å². The minimum atomic E-state index is -0.423. The molecule has 24 heavy (non-hydrogen) atoms. The molecule has 0 bridgehead atoms. The number of methoxy groups -OCH3 is 1. The molecule has 0 N–H and O–H groups in total. The summed E-state index contributed by atoms with van der Waals surface area (Å²) in [5.41, 5.74) is 1.78. The predicted octanol–water partition coefficient (Wildman–Crippen LogP) is 3.66. The number of ether oxygens (including phenoxy) is 3. The van der Waals surface area contributed by atoms with Crippen molar-refractivity contribution in [2.75, 3.05) is 13.9 Å². The highest BCUT2D eigenvalue weighted by atomic mass is 16.7. The second-order valence-electron chi connectivity index (χ2n) is 5.34. The lowest BCUT2D eigenvalue weighted by atomic mass is 10.1. The fraction of sp³-hybridized carbons (Fsp3) is 0.211. The minimum Gasteiger partial charge on any atom is -0.482 e. The van der Waals surface area contributed by atoms with E-state index in [-0.39, 0.29) is 6.79 Å². The third kappa shape index (κ3) is 3.41. The SMILES string of the molecule is COCOc1ccc2c(C)cc(=O)oc2c1OCc1ccccc1. The molecule has 0 fully saturated rings. The van der Waals surface area contributed by atoms with E-state index < -0.39 is 5.63 Å².